The topological polar surface area (TPSA) is 49.4 Å². The van der Waals surface area contributed by atoms with Crippen LogP contribution in [0.4, 0.5) is 0 Å². The van der Waals surface area contributed by atoms with E-state index in [1.54, 1.807) is 0 Å². The minimum Gasteiger partial charge on any atom is -0.353 e. The van der Waals surface area contributed by atoms with Gasteiger partial charge in [0.15, 0.2) is 0 Å². The number of aryl methyl sites for hydroxylation is 1. The van der Waals surface area contributed by atoms with Gasteiger partial charge in [-0.15, -0.1) is 0 Å². The van der Waals surface area contributed by atoms with E-state index in [1.165, 1.54) is 16.7 Å². The second-order valence-electron chi connectivity index (χ2n) is 10.0. The van der Waals surface area contributed by atoms with E-state index >= 15 is 0 Å². The van der Waals surface area contributed by atoms with Crippen molar-refractivity contribution >= 4 is 11.8 Å². The Bertz CT molecular complexity index is 937. The van der Waals surface area contributed by atoms with Gasteiger partial charge in [-0.05, 0) is 74.0 Å². The molecule has 2 amide bonds. The van der Waals surface area contributed by atoms with Crippen LogP contribution in [0.1, 0.15) is 61.6 Å². The van der Waals surface area contributed by atoms with Crippen molar-refractivity contribution in [2.45, 2.75) is 69.2 Å². The highest BCUT2D eigenvalue weighted by Gasteiger charge is 2.53. The number of hydrogen-bond donors (Lipinski definition) is 1. The SMILES string of the molecule is O=C(CCc1ccc(CC2CCN(C(=O)C3(c4ccccc4)CC3)CC2)cc1)NC1CC1. The molecule has 0 spiro atoms. The molecule has 3 aliphatic rings. The molecule has 5 rings (SSSR count). The lowest BCUT2D eigenvalue weighted by atomic mass is 9.88. The van der Waals surface area contributed by atoms with E-state index in [4.69, 9.17) is 0 Å². The highest BCUT2D eigenvalue weighted by Crippen LogP contribution is 2.50. The van der Waals surface area contributed by atoms with Crippen molar-refractivity contribution in [3.8, 4) is 0 Å². The lowest BCUT2D eigenvalue weighted by Crippen LogP contribution is -2.44. The Hall–Kier alpha value is -2.62. The van der Waals surface area contributed by atoms with Crippen molar-refractivity contribution in [1.29, 1.82) is 0 Å². The van der Waals surface area contributed by atoms with E-state index in [0.29, 0.717) is 24.3 Å². The van der Waals surface area contributed by atoms with Crippen LogP contribution in [0.2, 0.25) is 0 Å². The summed E-state index contributed by atoms with van der Waals surface area (Å²) in [6.45, 7) is 1.76. The van der Waals surface area contributed by atoms with Crippen molar-refractivity contribution in [1.82, 2.24) is 10.2 Å². The maximum absolute atomic E-state index is 13.3. The molecule has 168 valence electrons. The van der Waals surface area contributed by atoms with Gasteiger partial charge >= 0.3 is 0 Å². The molecule has 2 aromatic carbocycles. The number of carbonyl (C=O) groups is 2. The fourth-order valence-electron chi connectivity index (χ4n) is 5.11. The van der Waals surface area contributed by atoms with Gasteiger partial charge in [0.25, 0.3) is 0 Å². The van der Waals surface area contributed by atoms with Gasteiger partial charge in [-0.3, -0.25) is 9.59 Å². The van der Waals surface area contributed by atoms with Crippen LogP contribution >= 0.6 is 0 Å². The van der Waals surface area contributed by atoms with Crippen LogP contribution < -0.4 is 5.32 Å². The Kier molecular flexibility index (Phi) is 6.03. The van der Waals surface area contributed by atoms with Gasteiger partial charge in [0.1, 0.15) is 0 Å². The van der Waals surface area contributed by atoms with Gasteiger partial charge in [-0.25, -0.2) is 0 Å². The lowest BCUT2D eigenvalue weighted by Gasteiger charge is -2.34. The number of nitrogens with zero attached hydrogens (tertiary/aromatic N) is 1. The normalized spacial score (nSPS) is 20.1. The molecule has 0 aromatic heterocycles. The third-order valence-electron chi connectivity index (χ3n) is 7.52. The largest absolute Gasteiger partial charge is 0.353 e. The molecule has 0 unspecified atom stereocenters. The van der Waals surface area contributed by atoms with E-state index in [0.717, 1.165) is 64.5 Å². The zero-order valence-corrected chi connectivity index (χ0v) is 18.9. The number of likely N-dealkylation sites (tertiary alicyclic amines) is 1. The van der Waals surface area contributed by atoms with Crippen LogP contribution in [-0.4, -0.2) is 35.8 Å². The lowest BCUT2D eigenvalue weighted by molar-refractivity contribution is -0.135. The van der Waals surface area contributed by atoms with E-state index in [2.05, 4.69) is 46.6 Å². The van der Waals surface area contributed by atoms with Crippen LogP contribution in [-0.2, 0) is 27.8 Å². The van der Waals surface area contributed by atoms with Crippen molar-refractivity contribution in [2.24, 2.45) is 5.92 Å². The molecule has 4 heteroatoms. The number of amides is 2. The molecule has 2 saturated carbocycles. The number of benzene rings is 2. The summed E-state index contributed by atoms with van der Waals surface area (Å²) in [6, 6.07) is 19.6. The minimum atomic E-state index is -0.237. The Balaban J connectivity index is 1.08. The van der Waals surface area contributed by atoms with E-state index < -0.39 is 0 Å². The molecular formula is C28H34N2O2. The average Bonchev–Trinajstić information content (AvgIpc) is 3.75. The molecule has 1 saturated heterocycles. The summed E-state index contributed by atoms with van der Waals surface area (Å²) >= 11 is 0. The first-order chi connectivity index (χ1) is 15.6. The van der Waals surface area contributed by atoms with Crippen LogP contribution in [0.5, 0.6) is 0 Å². The summed E-state index contributed by atoms with van der Waals surface area (Å²) < 4.78 is 0. The van der Waals surface area contributed by atoms with Gasteiger partial charge in [0, 0.05) is 25.6 Å². The third-order valence-corrected chi connectivity index (χ3v) is 7.52. The van der Waals surface area contributed by atoms with E-state index in [-0.39, 0.29) is 11.3 Å². The van der Waals surface area contributed by atoms with Crippen LogP contribution in [0.3, 0.4) is 0 Å². The molecule has 0 radical (unpaired) electrons. The Labute approximate surface area is 191 Å². The summed E-state index contributed by atoms with van der Waals surface area (Å²) in [7, 11) is 0. The first-order valence-electron chi connectivity index (χ1n) is 12.3. The first kappa shape index (κ1) is 21.2. The Morgan fingerprint density at radius 3 is 2.16 bits per heavy atom. The Morgan fingerprint density at radius 2 is 1.53 bits per heavy atom. The molecule has 3 fully saturated rings. The second-order valence-corrected chi connectivity index (χ2v) is 10.0. The highest BCUT2D eigenvalue weighted by atomic mass is 16.2. The number of piperidine rings is 1. The molecule has 1 N–H and O–H groups in total. The number of nitrogens with one attached hydrogen (secondary N) is 1. The van der Waals surface area contributed by atoms with Crippen molar-refractivity contribution in [2.75, 3.05) is 13.1 Å². The van der Waals surface area contributed by atoms with Crippen LogP contribution in [0, 0.1) is 5.92 Å². The fraction of sp³-hybridized carbons (Fsp3) is 0.500. The molecule has 1 aliphatic heterocycles. The van der Waals surface area contributed by atoms with E-state index in [9.17, 15) is 9.59 Å². The standard InChI is InChI=1S/C28H34N2O2/c31-26(29-25-11-12-25)13-10-21-6-8-22(9-7-21)20-23-14-18-30(19-15-23)27(32)28(16-17-28)24-4-2-1-3-5-24/h1-9,23,25H,10-20H2,(H,29,31). The van der Waals surface area contributed by atoms with Gasteiger partial charge in [-0.1, -0.05) is 54.6 Å². The predicted molar refractivity (Wildman–Crippen MR) is 126 cm³/mol. The molecular weight excluding hydrogens is 396 g/mol. The maximum atomic E-state index is 13.3. The maximum Gasteiger partial charge on any atom is 0.233 e. The van der Waals surface area contributed by atoms with Crippen molar-refractivity contribution in [3.05, 3.63) is 71.3 Å². The number of carbonyl (C=O) groups excluding carboxylic acids is 2. The molecule has 32 heavy (non-hydrogen) atoms. The summed E-state index contributed by atoms with van der Waals surface area (Å²) in [5, 5.41) is 3.06. The van der Waals surface area contributed by atoms with Gasteiger partial charge in [0.05, 0.1) is 5.41 Å². The summed E-state index contributed by atoms with van der Waals surface area (Å²) in [5.41, 5.74) is 3.55. The molecule has 2 aliphatic carbocycles. The van der Waals surface area contributed by atoms with E-state index in [1.807, 2.05) is 18.2 Å². The van der Waals surface area contributed by atoms with Crippen molar-refractivity contribution in [3.63, 3.8) is 0 Å². The molecule has 0 atom stereocenters. The van der Waals surface area contributed by atoms with Crippen LogP contribution in [0.25, 0.3) is 0 Å². The fourth-order valence-corrected chi connectivity index (χ4v) is 5.11. The predicted octanol–water partition coefficient (Wildman–Crippen LogP) is 4.41. The quantitative estimate of drug-likeness (QED) is 0.674. The third kappa shape index (κ3) is 4.90. The minimum absolute atomic E-state index is 0.179. The zero-order valence-electron chi connectivity index (χ0n) is 18.9. The zero-order chi connectivity index (χ0) is 22.0. The summed E-state index contributed by atoms with van der Waals surface area (Å²) in [6.07, 6.45) is 8.89. The monoisotopic (exact) mass is 430 g/mol. The van der Waals surface area contributed by atoms with Gasteiger partial charge in [-0.2, -0.15) is 0 Å². The van der Waals surface area contributed by atoms with Gasteiger partial charge < -0.3 is 10.2 Å². The number of rotatable bonds is 8. The number of hydrogen-bond acceptors (Lipinski definition) is 2. The Morgan fingerprint density at radius 1 is 0.875 bits per heavy atom. The molecule has 0 bridgehead atoms. The molecule has 1 heterocycles. The molecule has 2 aromatic rings. The first-order valence-corrected chi connectivity index (χ1v) is 12.3. The average molecular weight is 431 g/mol. The highest BCUT2D eigenvalue weighted by molar-refractivity contribution is 5.91. The van der Waals surface area contributed by atoms with Gasteiger partial charge in [0.2, 0.25) is 11.8 Å². The summed E-state index contributed by atoms with van der Waals surface area (Å²) in [4.78, 5) is 27.3. The smallest absolute Gasteiger partial charge is 0.233 e. The van der Waals surface area contributed by atoms with Crippen LogP contribution in [0.15, 0.2) is 54.6 Å². The summed E-state index contributed by atoms with van der Waals surface area (Å²) in [5.74, 6) is 1.16. The second kappa shape index (κ2) is 9.09. The molecule has 4 nitrogen and oxygen atoms in total. The van der Waals surface area contributed by atoms with Crippen molar-refractivity contribution < 1.29 is 9.59 Å².